The second kappa shape index (κ2) is 5.69. The Bertz CT molecular complexity index is 556. The molecule has 0 radical (unpaired) electrons. The van der Waals surface area contributed by atoms with E-state index in [2.05, 4.69) is 4.72 Å². The van der Waals surface area contributed by atoms with E-state index in [-0.39, 0.29) is 16.3 Å². The van der Waals surface area contributed by atoms with Gasteiger partial charge in [-0.2, -0.15) is 0 Å². The number of carboxylic acid groups (broad SMARTS) is 1. The van der Waals surface area contributed by atoms with Gasteiger partial charge >= 0.3 is 5.97 Å². The lowest BCUT2D eigenvalue weighted by atomic mass is 10.2. The summed E-state index contributed by atoms with van der Waals surface area (Å²) in [6, 6.07) is 3.86. The molecule has 1 atom stereocenters. The van der Waals surface area contributed by atoms with E-state index in [1.807, 2.05) is 0 Å². The van der Waals surface area contributed by atoms with Crippen molar-refractivity contribution in [1.29, 1.82) is 0 Å². The summed E-state index contributed by atoms with van der Waals surface area (Å²) in [5.74, 6) is -1.07. The predicted molar refractivity (Wildman–Crippen MR) is 68.2 cm³/mol. The first kappa shape index (κ1) is 14.9. The number of nitrogens with one attached hydrogen (secondary N) is 1. The number of halogens is 1. The molecule has 0 aliphatic heterocycles. The van der Waals surface area contributed by atoms with E-state index in [1.165, 1.54) is 19.1 Å². The van der Waals surface area contributed by atoms with Gasteiger partial charge in [0.2, 0.25) is 10.0 Å². The van der Waals surface area contributed by atoms with Crippen molar-refractivity contribution < 1.29 is 18.3 Å². The molecule has 0 heterocycles. The third kappa shape index (κ3) is 3.97. The molecule has 0 aliphatic rings. The lowest BCUT2D eigenvalue weighted by Gasteiger charge is -2.13. The first-order chi connectivity index (χ1) is 8.22. The molecule has 0 saturated heterocycles. The maximum atomic E-state index is 12.0. The third-order valence-electron chi connectivity index (χ3n) is 2.21. The van der Waals surface area contributed by atoms with Crippen molar-refractivity contribution in [1.82, 2.24) is 4.72 Å². The molecule has 1 aromatic rings. The molecule has 1 rings (SSSR count). The number of rotatable bonds is 5. The molecule has 0 bridgehead atoms. The van der Waals surface area contributed by atoms with Gasteiger partial charge < -0.3 is 5.11 Å². The highest BCUT2D eigenvalue weighted by Gasteiger charge is 2.21. The summed E-state index contributed by atoms with van der Waals surface area (Å²) in [6.45, 7) is 3.27. The van der Waals surface area contributed by atoms with Gasteiger partial charge in [-0.3, -0.25) is 4.79 Å². The van der Waals surface area contributed by atoms with Crippen LogP contribution in [0, 0.1) is 6.92 Å². The van der Waals surface area contributed by atoms with E-state index in [0.29, 0.717) is 0 Å². The molecule has 0 spiro atoms. The fourth-order valence-corrected chi connectivity index (χ4v) is 3.30. The summed E-state index contributed by atoms with van der Waals surface area (Å²) in [7, 11) is -3.80. The maximum absolute atomic E-state index is 12.0. The lowest BCUT2D eigenvalue weighted by molar-refractivity contribution is -0.137. The Balaban J connectivity index is 2.96. The van der Waals surface area contributed by atoms with Gasteiger partial charge in [0.15, 0.2) is 0 Å². The van der Waals surface area contributed by atoms with E-state index >= 15 is 0 Å². The number of benzene rings is 1. The Morgan fingerprint density at radius 2 is 2.11 bits per heavy atom. The molecule has 0 amide bonds. The summed E-state index contributed by atoms with van der Waals surface area (Å²) < 4.78 is 26.2. The molecular formula is C11H14ClNO4S. The molecule has 0 aromatic heterocycles. The van der Waals surface area contributed by atoms with Crippen molar-refractivity contribution in [2.45, 2.75) is 31.2 Å². The van der Waals surface area contributed by atoms with Crippen molar-refractivity contribution in [3.05, 3.63) is 28.8 Å². The van der Waals surface area contributed by atoms with Crippen molar-refractivity contribution in [3.63, 3.8) is 0 Å². The van der Waals surface area contributed by atoms with E-state index in [1.54, 1.807) is 13.0 Å². The SMILES string of the molecule is Cc1ccc(S(=O)(=O)NC(C)CC(=O)O)c(Cl)c1. The average Bonchev–Trinajstić information content (AvgIpc) is 2.13. The Morgan fingerprint density at radius 3 is 2.61 bits per heavy atom. The van der Waals surface area contributed by atoms with Crippen molar-refractivity contribution in [2.75, 3.05) is 0 Å². The van der Waals surface area contributed by atoms with Gasteiger partial charge in [-0.25, -0.2) is 13.1 Å². The molecular weight excluding hydrogens is 278 g/mol. The molecule has 1 unspecified atom stereocenters. The van der Waals surface area contributed by atoms with E-state index in [9.17, 15) is 13.2 Å². The molecule has 0 aliphatic carbocycles. The van der Waals surface area contributed by atoms with Crippen LogP contribution in [0.5, 0.6) is 0 Å². The number of hydrogen-bond acceptors (Lipinski definition) is 3. The highest BCUT2D eigenvalue weighted by Crippen LogP contribution is 2.22. The van der Waals surface area contributed by atoms with Gasteiger partial charge in [0, 0.05) is 6.04 Å². The highest BCUT2D eigenvalue weighted by atomic mass is 35.5. The Kier molecular flexibility index (Phi) is 4.72. The minimum Gasteiger partial charge on any atom is -0.481 e. The van der Waals surface area contributed by atoms with E-state index in [0.717, 1.165) is 5.56 Å². The fourth-order valence-electron chi connectivity index (χ4n) is 1.46. The number of sulfonamides is 1. The zero-order valence-corrected chi connectivity index (χ0v) is 11.5. The van der Waals surface area contributed by atoms with Gasteiger partial charge in [0.05, 0.1) is 11.4 Å². The van der Waals surface area contributed by atoms with Crippen molar-refractivity contribution in [3.8, 4) is 0 Å². The topological polar surface area (TPSA) is 83.5 Å². The van der Waals surface area contributed by atoms with Gasteiger partial charge in [0.1, 0.15) is 4.90 Å². The molecule has 100 valence electrons. The van der Waals surface area contributed by atoms with Crippen LogP contribution in [0.2, 0.25) is 5.02 Å². The molecule has 2 N–H and O–H groups in total. The molecule has 5 nitrogen and oxygen atoms in total. The van der Waals surface area contributed by atoms with Crippen LogP contribution in [0.3, 0.4) is 0 Å². The van der Waals surface area contributed by atoms with E-state index in [4.69, 9.17) is 16.7 Å². The number of carbonyl (C=O) groups is 1. The Morgan fingerprint density at radius 1 is 1.50 bits per heavy atom. The number of hydrogen-bond donors (Lipinski definition) is 2. The van der Waals surface area contributed by atoms with Crippen LogP contribution in [0.4, 0.5) is 0 Å². The third-order valence-corrected chi connectivity index (χ3v) is 4.29. The van der Waals surface area contributed by atoms with Crippen LogP contribution in [0.15, 0.2) is 23.1 Å². The highest BCUT2D eigenvalue weighted by molar-refractivity contribution is 7.89. The molecule has 0 fully saturated rings. The van der Waals surface area contributed by atoms with Crippen LogP contribution in [0.25, 0.3) is 0 Å². The largest absolute Gasteiger partial charge is 0.481 e. The van der Waals surface area contributed by atoms with Gasteiger partial charge in [0.25, 0.3) is 0 Å². The average molecular weight is 292 g/mol. The summed E-state index contributed by atoms with van der Waals surface area (Å²) in [5, 5.41) is 8.70. The zero-order valence-electron chi connectivity index (χ0n) is 9.97. The van der Waals surface area contributed by atoms with Crippen LogP contribution in [0.1, 0.15) is 18.9 Å². The lowest BCUT2D eigenvalue weighted by Crippen LogP contribution is -2.34. The van der Waals surface area contributed by atoms with E-state index < -0.39 is 22.0 Å². The van der Waals surface area contributed by atoms with Crippen molar-refractivity contribution >= 4 is 27.6 Å². The molecule has 0 saturated carbocycles. The Hall–Kier alpha value is -1.11. The molecule has 1 aromatic carbocycles. The maximum Gasteiger partial charge on any atom is 0.304 e. The molecule has 18 heavy (non-hydrogen) atoms. The smallest absolute Gasteiger partial charge is 0.304 e. The second-order valence-electron chi connectivity index (χ2n) is 4.05. The monoisotopic (exact) mass is 291 g/mol. The number of carboxylic acids is 1. The number of aryl methyl sites for hydroxylation is 1. The summed E-state index contributed by atoms with van der Waals surface area (Å²) in [5.41, 5.74) is 0.845. The van der Waals surface area contributed by atoms with Gasteiger partial charge in [-0.05, 0) is 31.5 Å². The summed E-state index contributed by atoms with van der Waals surface area (Å²) in [4.78, 5) is 10.4. The standard InChI is InChI=1S/C11H14ClNO4S/c1-7-3-4-10(9(12)5-7)18(16,17)13-8(2)6-11(14)15/h3-5,8,13H,6H2,1-2H3,(H,14,15). The summed E-state index contributed by atoms with van der Waals surface area (Å²) in [6.07, 6.45) is -0.289. The van der Waals surface area contributed by atoms with Crippen LogP contribution in [-0.2, 0) is 14.8 Å². The molecule has 7 heteroatoms. The first-order valence-corrected chi connectivity index (χ1v) is 7.09. The first-order valence-electron chi connectivity index (χ1n) is 5.22. The minimum atomic E-state index is -3.80. The predicted octanol–water partition coefficient (Wildman–Crippen LogP) is 1.79. The number of aliphatic carboxylic acids is 1. The van der Waals surface area contributed by atoms with Gasteiger partial charge in [-0.15, -0.1) is 0 Å². The van der Waals surface area contributed by atoms with Crippen LogP contribution in [-0.4, -0.2) is 25.5 Å². The Labute approximate surface area is 111 Å². The fraction of sp³-hybridized carbons (Fsp3) is 0.364. The summed E-state index contributed by atoms with van der Waals surface area (Å²) >= 11 is 5.87. The minimum absolute atomic E-state index is 0.0491. The normalized spacial score (nSPS) is 13.3. The zero-order chi connectivity index (χ0) is 13.9. The quantitative estimate of drug-likeness (QED) is 0.866. The van der Waals surface area contributed by atoms with Crippen LogP contribution >= 0.6 is 11.6 Å². The van der Waals surface area contributed by atoms with Gasteiger partial charge in [-0.1, -0.05) is 17.7 Å². The van der Waals surface area contributed by atoms with Crippen molar-refractivity contribution in [2.24, 2.45) is 0 Å². The second-order valence-corrected chi connectivity index (χ2v) is 6.14. The van der Waals surface area contributed by atoms with Crippen LogP contribution < -0.4 is 4.72 Å².